The third kappa shape index (κ3) is 5.29. The minimum Gasteiger partial charge on any atom is -0.494 e. The van der Waals surface area contributed by atoms with Gasteiger partial charge < -0.3 is 20.4 Å². The molecule has 2 aromatic carbocycles. The number of H-pyrrole nitrogens is 1. The molecule has 0 amide bonds. The molecule has 0 aliphatic carbocycles. The summed E-state index contributed by atoms with van der Waals surface area (Å²) in [6.07, 6.45) is 3.96. The van der Waals surface area contributed by atoms with E-state index in [0.717, 1.165) is 66.8 Å². The molecule has 5 nitrogen and oxygen atoms in total. The van der Waals surface area contributed by atoms with Crippen LogP contribution in [0.15, 0.2) is 54.6 Å². The van der Waals surface area contributed by atoms with Gasteiger partial charge in [-0.3, -0.25) is 0 Å². The molecule has 5 heteroatoms. The molecule has 0 aliphatic rings. The first-order chi connectivity index (χ1) is 15.5. The average Bonchev–Trinajstić information content (AvgIpc) is 3.14. The maximum absolute atomic E-state index is 6.22. The highest BCUT2D eigenvalue weighted by molar-refractivity contribution is 6.07. The fourth-order valence-corrected chi connectivity index (χ4v) is 4.16. The van der Waals surface area contributed by atoms with Crippen LogP contribution in [0.5, 0.6) is 5.75 Å². The summed E-state index contributed by atoms with van der Waals surface area (Å²) in [6, 6.07) is 19.3. The van der Waals surface area contributed by atoms with Gasteiger partial charge in [0.25, 0.3) is 0 Å². The first-order valence-corrected chi connectivity index (χ1v) is 11.6. The van der Waals surface area contributed by atoms with Gasteiger partial charge in [0.1, 0.15) is 11.4 Å². The van der Waals surface area contributed by atoms with E-state index in [4.69, 9.17) is 15.5 Å². The molecule has 0 bridgehead atoms. The molecule has 0 saturated heterocycles. The molecular weight excluding hydrogens is 396 g/mol. The third-order valence-corrected chi connectivity index (χ3v) is 5.85. The highest BCUT2D eigenvalue weighted by Gasteiger charge is 2.10. The number of fused-ring (bicyclic) bond motifs is 3. The van der Waals surface area contributed by atoms with Crippen LogP contribution in [0, 0.1) is 0 Å². The molecule has 0 spiro atoms. The maximum atomic E-state index is 6.22. The van der Waals surface area contributed by atoms with Gasteiger partial charge in [0.15, 0.2) is 0 Å². The Bertz CT molecular complexity index is 1160. The number of nitrogens with zero attached hydrogens (tertiary/aromatic N) is 2. The second-order valence-electron chi connectivity index (χ2n) is 8.87. The van der Waals surface area contributed by atoms with Gasteiger partial charge in [0.05, 0.1) is 6.61 Å². The molecule has 1 unspecified atom stereocenters. The summed E-state index contributed by atoms with van der Waals surface area (Å²) in [5, 5.41) is 2.34. The maximum Gasteiger partial charge on any atom is 0.138 e. The van der Waals surface area contributed by atoms with Crippen LogP contribution in [-0.4, -0.2) is 48.2 Å². The van der Waals surface area contributed by atoms with Crippen molar-refractivity contribution in [1.82, 2.24) is 14.9 Å². The van der Waals surface area contributed by atoms with Gasteiger partial charge >= 0.3 is 0 Å². The zero-order chi connectivity index (χ0) is 22.5. The van der Waals surface area contributed by atoms with Gasteiger partial charge in [-0.1, -0.05) is 31.5 Å². The van der Waals surface area contributed by atoms with Gasteiger partial charge in [-0.15, -0.1) is 0 Å². The number of benzene rings is 2. The normalized spacial score (nSPS) is 12.7. The van der Waals surface area contributed by atoms with Crippen molar-refractivity contribution < 1.29 is 4.74 Å². The zero-order valence-corrected chi connectivity index (χ0v) is 19.4. The van der Waals surface area contributed by atoms with Crippen molar-refractivity contribution in [3.05, 3.63) is 60.3 Å². The lowest BCUT2D eigenvalue weighted by molar-refractivity contribution is 0.281. The number of pyridine rings is 1. The molecule has 2 heterocycles. The van der Waals surface area contributed by atoms with Crippen molar-refractivity contribution in [2.75, 3.05) is 27.2 Å². The third-order valence-electron chi connectivity index (χ3n) is 5.85. The monoisotopic (exact) mass is 430 g/mol. The number of rotatable bonds is 10. The van der Waals surface area contributed by atoms with E-state index < -0.39 is 0 Å². The van der Waals surface area contributed by atoms with Gasteiger partial charge in [-0.05, 0) is 74.5 Å². The van der Waals surface area contributed by atoms with Crippen LogP contribution in [0.3, 0.4) is 0 Å². The molecular formula is C27H34N4O. The zero-order valence-electron chi connectivity index (χ0n) is 19.4. The predicted molar refractivity (Wildman–Crippen MR) is 134 cm³/mol. The van der Waals surface area contributed by atoms with Gasteiger partial charge in [-0.2, -0.15) is 0 Å². The Morgan fingerprint density at radius 1 is 1.00 bits per heavy atom. The molecule has 0 fully saturated rings. The minimum atomic E-state index is 0.167. The summed E-state index contributed by atoms with van der Waals surface area (Å²) in [5.41, 5.74) is 11.7. The molecule has 0 aliphatic heterocycles. The summed E-state index contributed by atoms with van der Waals surface area (Å²) in [5.74, 6) is 0.915. The SMILES string of the molecule is CCCC(N)Cc1ccc2c(n1)[nH]c1ccc(-c3ccc(OCCCN(C)C)cc3)cc12. The molecule has 32 heavy (non-hydrogen) atoms. The van der Waals surface area contributed by atoms with Crippen molar-refractivity contribution >= 4 is 21.9 Å². The quantitative estimate of drug-likeness (QED) is 0.331. The van der Waals surface area contributed by atoms with E-state index in [1.165, 1.54) is 16.5 Å². The number of hydrogen-bond donors (Lipinski definition) is 2. The molecule has 4 rings (SSSR count). The number of nitrogens with one attached hydrogen (secondary N) is 1. The predicted octanol–water partition coefficient (Wildman–Crippen LogP) is 5.38. The van der Waals surface area contributed by atoms with Crippen LogP contribution in [0.2, 0.25) is 0 Å². The number of ether oxygens (including phenoxy) is 1. The topological polar surface area (TPSA) is 67.2 Å². The second-order valence-corrected chi connectivity index (χ2v) is 8.87. The highest BCUT2D eigenvalue weighted by atomic mass is 16.5. The molecule has 0 saturated carbocycles. The lowest BCUT2D eigenvalue weighted by Crippen LogP contribution is -2.22. The molecule has 2 aromatic heterocycles. The number of aromatic amines is 1. The van der Waals surface area contributed by atoms with E-state index in [9.17, 15) is 0 Å². The van der Waals surface area contributed by atoms with Crippen molar-refractivity contribution in [1.29, 1.82) is 0 Å². The van der Waals surface area contributed by atoms with Gasteiger partial charge in [0.2, 0.25) is 0 Å². The van der Waals surface area contributed by atoms with E-state index in [1.54, 1.807) is 0 Å². The molecule has 4 aromatic rings. The van der Waals surface area contributed by atoms with E-state index in [1.807, 2.05) is 0 Å². The van der Waals surface area contributed by atoms with Gasteiger partial charge in [-0.25, -0.2) is 4.98 Å². The molecule has 168 valence electrons. The van der Waals surface area contributed by atoms with E-state index in [0.29, 0.717) is 0 Å². The Kier molecular flexibility index (Phi) is 7.08. The Morgan fingerprint density at radius 2 is 1.78 bits per heavy atom. The van der Waals surface area contributed by atoms with Crippen molar-refractivity contribution in [2.24, 2.45) is 5.73 Å². The second kappa shape index (κ2) is 10.2. The van der Waals surface area contributed by atoms with E-state index >= 15 is 0 Å². The summed E-state index contributed by atoms with van der Waals surface area (Å²) in [6.45, 7) is 3.93. The van der Waals surface area contributed by atoms with E-state index in [2.05, 4.69) is 85.5 Å². The smallest absolute Gasteiger partial charge is 0.138 e. The minimum absolute atomic E-state index is 0.167. The summed E-state index contributed by atoms with van der Waals surface area (Å²) < 4.78 is 5.87. The summed E-state index contributed by atoms with van der Waals surface area (Å²) >= 11 is 0. The van der Waals surface area contributed by atoms with Gasteiger partial charge in [0, 0.05) is 41.0 Å². The first kappa shape index (κ1) is 22.3. The summed E-state index contributed by atoms with van der Waals surface area (Å²) in [7, 11) is 4.16. The van der Waals surface area contributed by atoms with E-state index in [-0.39, 0.29) is 6.04 Å². The Balaban J connectivity index is 1.52. The highest BCUT2D eigenvalue weighted by Crippen LogP contribution is 2.30. The fraction of sp³-hybridized carbons (Fsp3) is 0.370. The van der Waals surface area contributed by atoms with Crippen molar-refractivity contribution in [2.45, 2.75) is 38.6 Å². The van der Waals surface area contributed by atoms with Crippen LogP contribution in [-0.2, 0) is 6.42 Å². The largest absolute Gasteiger partial charge is 0.494 e. The van der Waals surface area contributed by atoms with Crippen LogP contribution in [0.25, 0.3) is 33.1 Å². The Hall–Kier alpha value is -2.89. The number of hydrogen-bond acceptors (Lipinski definition) is 4. The molecule has 1 atom stereocenters. The first-order valence-electron chi connectivity index (χ1n) is 11.6. The van der Waals surface area contributed by atoms with Crippen LogP contribution in [0.4, 0.5) is 0 Å². The van der Waals surface area contributed by atoms with Crippen molar-refractivity contribution in [3.8, 4) is 16.9 Å². The molecule has 0 radical (unpaired) electrons. The van der Waals surface area contributed by atoms with Crippen LogP contribution < -0.4 is 10.5 Å². The van der Waals surface area contributed by atoms with Crippen LogP contribution >= 0.6 is 0 Å². The fourth-order valence-electron chi connectivity index (χ4n) is 4.16. The lowest BCUT2D eigenvalue weighted by Gasteiger charge is -2.11. The van der Waals surface area contributed by atoms with Crippen molar-refractivity contribution in [3.63, 3.8) is 0 Å². The Labute approximate surface area is 190 Å². The standard InChI is InChI=1S/C27H34N4O/c1-4-6-21(28)18-22-10-13-24-25-17-20(9-14-26(25)30-27(24)29-22)19-7-11-23(12-8-19)32-16-5-15-31(2)3/h7-14,17,21H,4-6,15-16,18,28H2,1-3H3,(H,29,30). The summed E-state index contributed by atoms with van der Waals surface area (Å²) in [4.78, 5) is 10.5. The Morgan fingerprint density at radius 3 is 2.53 bits per heavy atom. The average molecular weight is 431 g/mol. The number of nitrogens with two attached hydrogens (primary N) is 1. The number of aromatic nitrogens is 2. The van der Waals surface area contributed by atoms with Crippen LogP contribution in [0.1, 0.15) is 31.9 Å². The molecule has 3 N–H and O–H groups in total. The lowest BCUT2D eigenvalue weighted by atomic mass is 10.0.